The van der Waals surface area contributed by atoms with Crippen LogP contribution in [0.1, 0.15) is 36.7 Å². The average Bonchev–Trinajstić information content (AvgIpc) is 2.77. The van der Waals surface area contributed by atoms with Gasteiger partial charge in [-0.25, -0.2) is 5.43 Å². The van der Waals surface area contributed by atoms with E-state index in [0.29, 0.717) is 39.3 Å². The van der Waals surface area contributed by atoms with Crippen molar-refractivity contribution in [3.8, 4) is 23.8 Å². The molecule has 2 rings (SSSR count). The number of nitrogens with one attached hydrogen (secondary N) is 2. The molecular formula is C24H25Cl2N3O4. The molecule has 0 aromatic heterocycles. The first kappa shape index (κ1) is 26.0. The van der Waals surface area contributed by atoms with Gasteiger partial charge in [-0.05, 0) is 54.8 Å². The number of benzene rings is 2. The number of hydrogen-bond donors (Lipinski definition) is 2. The lowest BCUT2D eigenvalue weighted by Gasteiger charge is -2.20. The summed E-state index contributed by atoms with van der Waals surface area (Å²) in [6.07, 6.45) is 6.65. The minimum absolute atomic E-state index is 0.0433. The summed E-state index contributed by atoms with van der Waals surface area (Å²) in [4.78, 5) is 25.1. The van der Waals surface area contributed by atoms with Gasteiger partial charge < -0.3 is 14.8 Å². The van der Waals surface area contributed by atoms with Gasteiger partial charge in [-0.3, -0.25) is 9.59 Å². The number of amides is 2. The Morgan fingerprint density at radius 2 is 1.88 bits per heavy atom. The number of hydrazone groups is 1. The van der Waals surface area contributed by atoms with Crippen molar-refractivity contribution in [3.63, 3.8) is 0 Å². The van der Waals surface area contributed by atoms with E-state index in [1.807, 2.05) is 20.8 Å². The number of nitrogens with zero attached hydrogens (tertiary/aromatic N) is 1. The first-order chi connectivity index (χ1) is 15.8. The summed E-state index contributed by atoms with van der Waals surface area (Å²) in [7, 11) is 0. The first-order valence-corrected chi connectivity index (χ1v) is 10.9. The third-order valence-electron chi connectivity index (χ3n) is 4.36. The fraction of sp³-hybridized carbons (Fsp3) is 0.292. The molecule has 0 aliphatic heterocycles. The number of hydrogen-bond acceptors (Lipinski definition) is 5. The van der Waals surface area contributed by atoms with Crippen LogP contribution in [0.2, 0.25) is 10.0 Å². The highest BCUT2D eigenvalue weighted by Crippen LogP contribution is 2.36. The van der Waals surface area contributed by atoms with Crippen molar-refractivity contribution in [1.29, 1.82) is 0 Å². The van der Waals surface area contributed by atoms with Gasteiger partial charge in [-0.15, -0.1) is 6.42 Å². The summed E-state index contributed by atoms with van der Waals surface area (Å²) >= 11 is 12.1. The summed E-state index contributed by atoms with van der Waals surface area (Å²) in [5.74, 6) is 2.08. The van der Waals surface area contributed by atoms with Crippen LogP contribution < -0.4 is 20.2 Å². The van der Waals surface area contributed by atoms with E-state index < -0.39 is 11.9 Å². The van der Waals surface area contributed by atoms with E-state index in [2.05, 4.69) is 21.8 Å². The molecule has 2 aromatic rings. The number of carbonyl (C=O) groups excluding carboxylic acids is 2. The number of carbonyl (C=O) groups is 2. The number of ether oxygens (including phenoxy) is 2. The highest BCUT2D eigenvalue weighted by Gasteiger charge is 2.24. The smallest absolute Gasteiger partial charge is 0.262 e. The summed E-state index contributed by atoms with van der Waals surface area (Å²) in [6.45, 7) is 5.90. The van der Waals surface area contributed by atoms with Crippen LogP contribution in [-0.4, -0.2) is 37.3 Å². The molecule has 1 atom stereocenters. The zero-order chi connectivity index (χ0) is 24.4. The molecule has 9 heteroatoms. The Morgan fingerprint density at radius 3 is 2.48 bits per heavy atom. The van der Waals surface area contributed by atoms with E-state index in [9.17, 15) is 9.59 Å². The molecule has 2 amide bonds. The van der Waals surface area contributed by atoms with Crippen LogP contribution in [0.15, 0.2) is 41.5 Å². The lowest BCUT2D eigenvalue weighted by atomic mass is 10.0. The minimum Gasteiger partial charge on any atom is -0.490 e. The van der Waals surface area contributed by atoms with Crippen LogP contribution >= 0.6 is 23.2 Å². The second-order valence-electron chi connectivity index (χ2n) is 7.19. The van der Waals surface area contributed by atoms with Crippen molar-refractivity contribution >= 4 is 41.2 Å². The van der Waals surface area contributed by atoms with E-state index in [-0.39, 0.29) is 18.4 Å². The molecule has 2 aromatic carbocycles. The number of rotatable bonds is 10. The predicted octanol–water partition coefficient (Wildman–Crippen LogP) is 4.31. The summed E-state index contributed by atoms with van der Waals surface area (Å²) < 4.78 is 11.0. The maximum absolute atomic E-state index is 12.7. The van der Waals surface area contributed by atoms with E-state index in [4.69, 9.17) is 39.1 Å². The topological polar surface area (TPSA) is 89.0 Å². The second kappa shape index (κ2) is 12.7. The molecule has 33 heavy (non-hydrogen) atoms. The fourth-order valence-electron chi connectivity index (χ4n) is 2.78. The molecule has 7 nitrogen and oxygen atoms in total. The molecule has 0 bridgehead atoms. The third-order valence-corrected chi connectivity index (χ3v) is 4.89. The van der Waals surface area contributed by atoms with E-state index in [1.54, 1.807) is 36.4 Å². The summed E-state index contributed by atoms with van der Waals surface area (Å²) in [5.41, 5.74) is 3.42. The molecule has 0 radical (unpaired) electrons. The molecule has 0 fully saturated rings. The van der Waals surface area contributed by atoms with E-state index in [0.717, 1.165) is 0 Å². The Hall–Kier alpha value is -3.21. The van der Waals surface area contributed by atoms with E-state index >= 15 is 0 Å². The normalized spacial score (nSPS) is 11.7. The van der Waals surface area contributed by atoms with Gasteiger partial charge in [0.2, 0.25) is 0 Å². The van der Waals surface area contributed by atoms with Crippen LogP contribution in [0.3, 0.4) is 0 Å². The van der Waals surface area contributed by atoms with Crippen molar-refractivity contribution in [2.24, 2.45) is 11.0 Å². The largest absolute Gasteiger partial charge is 0.490 e. The van der Waals surface area contributed by atoms with Crippen molar-refractivity contribution in [3.05, 3.63) is 57.6 Å². The summed E-state index contributed by atoms with van der Waals surface area (Å²) in [5, 5.41) is 7.52. The van der Waals surface area contributed by atoms with Crippen LogP contribution in [0.4, 0.5) is 0 Å². The second-order valence-corrected chi connectivity index (χ2v) is 8.04. The SMILES string of the molecule is C#CCOc1c(Cl)cc(C=NNC(=O)C(NC(=O)c2ccc(Cl)cc2)C(C)C)cc1OCC. The number of terminal acetylenes is 1. The molecule has 0 aliphatic carbocycles. The predicted molar refractivity (Wildman–Crippen MR) is 130 cm³/mol. The van der Waals surface area contributed by atoms with Gasteiger partial charge in [0.25, 0.3) is 11.8 Å². The van der Waals surface area contributed by atoms with Crippen LogP contribution in [0, 0.1) is 18.3 Å². The Labute approximate surface area is 203 Å². The van der Waals surface area contributed by atoms with Gasteiger partial charge in [0.1, 0.15) is 12.6 Å². The fourth-order valence-corrected chi connectivity index (χ4v) is 3.18. The lowest BCUT2D eigenvalue weighted by Crippen LogP contribution is -2.48. The van der Waals surface area contributed by atoms with Crippen molar-refractivity contribution < 1.29 is 19.1 Å². The van der Waals surface area contributed by atoms with Gasteiger partial charge in [0.05, 0.1) is 17.8 Å². The standard InChI is InChI=1S/C24H25Cl2N3O4/c1-5-11-33-22-19(26)12-16(13-20(22)32-6-2)14-27-29-24(31)21(15(3)4)28-23(30)17-7-9-18(25)10-8-17/h1,7-10,12-15,21H,6,11H2,2-4H3,(H,28,30)(H,29,31). The van der Waals surface area contributed by atoms with Gasteiger partial charge in [-0.1, -0.05) is 43.0 Å². The Morgan fingerprint density at radius 1 is 1.18 bits per heavy atom. The zero-order valence-electron chi connectivity index (χ0n) is 18.5. The quantitative estimate of drug-likeness (QED) is 0.295. The summed E-state index contributed by atoms with van der Waals surface area (Å²) in [6, 6.07) is 8.86. The van der Waals surface area contributed by atoms with Crippen LogP contribution in [-0.2, 0) is 4.79 Å². The van der Waals surface area contributed by atoms with Crippen molar-refractivity contribution in [1.82, 2.24) is 10.7 Å². The molecular weight excluding hydrogens is 465 g/mol. The van der Waals surface area contributed by atoms with Gasteiger partial charge in [0, 0.05) is 10.6 Å². The number of halogens is 2. The van der Waals surface area contributed by atoms with Crippen molar-refractivity contribution in [2.75, 3.05) is 13.2 Å². The Bertz CT molecular complexity index is 1050. The van der Waals surface area contributed by atoms with Crippen molar-refractivity contribution in [2.45, 2.75) is 26.8 Å². The van der Waals surface area contributed by atoms with Gasteiger partial charge in [-0.2, -0.15) is 5.10 Å². The molecule has 0 spiro atoms. The first-order valence-electron chi connectivity index (χ1n) is 10.2. The highest BCUT2D eigenvalue weighted by molar-refractivity contribution is 6.32. The maximum atomic E-state index is 12.7. The average molecular weight is 490 g/mol. The zero-order valence-corrected chi connectivity index (χ0v) is 20.0. The van der Waals surface area contributed by atoms with Crippen LogP contribution in [0.25, 0.3) is 0 Å². The lowest BCUT2D eigenvalue weighted by molar-refractivity contribution is -0.123. The Kier molecular flexibility index (Phi) is 10.0. The molecule has 0 saturated heterocycles. The maximum Gasteiger partial charge on any atom is 0.262 e. The van der Waals surface area contributed by atoms with E-state index in [1.165, 1.54) is 6.21 Å². The minimum atomic E-state index is -0.799. The Balaban J connectivity index is 2.10. The molecule has 0 saturated carbocycles. The molecule has 0 heterocycles. The van der Waals surface area contributed by atoms with Gasteiger partial charge >= 0.3 is 0 Å². The van der Waals surface area contributed by atoms with Gasteiger partial charge in [0.15, 0.2) is 11.5 Å². The monoisotopic (exact) mass is 489 g/mol. The molecule has 2 N–H and O–H groups in total. The van der Waals surface area contributed by atoms with Crippen LogP contribution in [0.5, 0.6) is 11.5 Å². The highest BCUT2D eigenvalue weighted by atomic mass is 35.5. The molecule has 1 unspecified atom stereocenters. The molecule has 174 valence electrons. The third kappa shape index (κ3) is 7.70. The molecule has 0 aliphatic rings.